The number of phenolic OH excluding ortho intramolecular Hbond substituents is 1. The molecule has 1 N–H and O–H groups in total. The Morgan fingerprint density at radius 2 is 1.95 bits per heavy atom. The Hall–Kier alpha value is -2.82. The first kappa shape index (κ1) is 14.1. The van der Waals surface area contributed by atoms with Gasteiger partial charge in [0.1, 0.15) is 5.75 Å². The summed E-state index contributed by atoms with van der Waals surface area (Å²) in [6, 6.07) is 13.7. The van der Waals surface area contributed by atoms with Crippen molar-refractivity contribution in [2.75, 3.05) is 7.05 Å². The largest absolute Gasteiger partial charge is 0.505 e. The van der Waals surface area contributed by atoms with Crippen LogP contribution in [0.3, 0.4) is 0 Å². The van der Waals surface area contributed by atoms with Gasteiger partial charge in [0.05, 0.1) is 0 Å². The standard InChI is InChI=1S/C17H15FN2O2/c1-20-11-13(12-7-8-16(21)15(18)9-12)10-19-17(20)22-14-5-3-2-4-6-14/h2-11,17,21H,1H3. The van der Waals surface area contributed by atoms with Gasteiger partial charge >= 0.3 is 0 Å². The fourth-order valence-corrected chi connectivity index (χ4v) is 2.14. The number of allylic oxidation sites excluding steroid dienone is 1. The van der Waals surface area contributed by atoms with Crippen molar-refractivity contribution in [3.63, 3.8) is 0 Å². The van der Waals surface area contributed by atoms with Crippen LogP contribution in [-0.4, -0.2) is 29.6 Å². The first-order valence-electron chi connectivity index (χ1n) is 6.81. The third-order valence-electron chi connectivity index (χ3n) is 3.30. The topological polar surface area (TPSA) is 45.1 Å². The summed E-state index contributed by atoms with van der Waals surface area (Å²) in [5.41, 5.74) is 1.39. The van der Waals surface area contributed by atoms with Gasteiger partial charge in [0.15, 0.2) is 11.6 Å². The first-order chi connectivity index (χ1) is 10.6. The average molecular weight is 298 g/mol. The number of aromatic hydroxyl groups is 1. The van der Waals surface area contributed by atoms with E-state index < -0.39 is 12.2 Å². The molecule has 1 unspecified atom stereocenters. The third kappa shape index (κ3) is 2.93. The molecule has 0 saturated heterocycles. The molecule has 3 rings (SSSR count). The number of aliphatic imine (C=N–C) groups is 1. The maximum Gasteiger partial charge on any atom is 0.269 e. The first-order valence-corrected chi connectivity index (χ1v) is 6.81. The highest BCUT2D eigenvalue weighted by molar-refractivity contribution is 6.10. The van der Waals surface area contributed by atoms with Gasteiger partial charge in [0.2, 0.25) is 0 Å². The van der Waals surface area contributed by atoms with Crippen molar-refractivity contribution in [1.29, 1.82) is 0 Å². The smallest absolute Gasteiger partial charge is 0.269 e. The van der Waals surface area contributed by atoms with Crippen LogP contribution in [0.2, 0.25) is 0 Å². The van der Waals surface area contributed by atoms with Gasteiger partial charge in [-0.25, -0.2) is 9.38 Å². The summed E-state index contributed by atoms with van der Waals surface area (Å²) in [5, 5.41) is 9.24. The highest BCUT2D eigenvalue weighted by Gasteiger charge is 2.17. The van der Waals surface area contributed by atoms with Crippen molar-refractivity contribution >= 4 is 11.8 Å². The number of rotatable bonds is 3. The molecule has 2 aromatic rings. The maximum atomic E-state index is 13.4. The Morgan fingerprint density at radius 1 is 1.18 bits per heavy atom. The van der Waals surface area contributed by atoms with Crippen LogP contribution >= 0.6 is 0 Å². The minimum Gasteiger partial charge on any atom is -0.505 e. The number of benzene rings is 2. The van der Waals surface area contributed by atoms with Crippen LogP contribution in [-0.2, 0) is 0 Å². The van der Waals surface area contributed by atoms with Crippen molar-refractivity contribution in [2.45, 2.75) is 6.35 Å². The zero-order chi connectivity index (χ0) is 15.5. The van der Waals surface area contributed by atoms with Crippen molar-refractivity contribution in [1.82, 2.24) is 4.90 Å². The van der Waals surface area contributed by atoms with Gasteiger partial charge < -0.3 is 14.7 Å². The molecule has 0 aromatic heterocycles. The van der Waals surface area contributed by atoms with Crippen LogP contribution in [0.5, 0.6) is 11.5 Å². The monoisotopic (exact) mass is 298 g/mol. The summed E-state index contributed by atoms with van der Waals surface area (Å²) in [6.07, 6.45) is 3.00. The molecule has 1 heterocycles. The number of phenols is 1. The van der Waals surface area contributed by atoms with Gasteiger partial charge in [-0.1, -0.05) is 24.3 Å². The van der Waals surface area contributed by atoms with E-state index in [1.165, 1.54) is 12.1 Å². The second kappa shape index (κ2) is 5.89. The number of hydrogen-bond donors (Lipinski definition) is 1. The second-order valence-corrected chi connectivity index (χ2v) is 4.95. The van der Waals surface area contributed by atoms with Crippen molar-refractivity contribution < 1.29 is 14.2 Å². The normalized spacial score (nSPS) is 17.3. The van der Waals surface area contributed by atoms with Gasteiger partial charge in [-0.3, -0.25) is 0 Å². The Morgan fingerprint density at radius 3 is 2.64 bits per heavy atom. The molecule has 0 fully saturated rings. The fourth-order valence-electron chi connectivity index (χ4n) is 2.14. The summed E-state index contributed by atoms with van der Waals surface area (Å²) in [7, 11) is 1.83. The summed E-state index contributed by atoms with van der Waals surface area (Å²) in [5.74, 6) is -0.295. The molecule has 5 heteroatoms. The van der Waals surface area contributed by atoms with Crippen LogP contribution < -0.4 is 4.74 Å². The van der Waals surface area contributed by atoms with Crippen molar-refractivity contribution in [2.24, 2.45) is 4.99 Å². The lowest BCUT2D eigenvalue weighted by atomic mass is 10.1. The molecule has 22 heavy (non-hydrogen) atoms. The molecule has 2 aromatic carbocycles. The highest BCUT2D eigenvalue weighted by atomic mass is 19.1. The van der Waals surface area contributed by atoms with Crippen LogP contribution in [0.15, 0.2) is 59.7 Å². The van der Waals surface area contributed by atoms with Gasteiger partial charge in [-0.05, 0) is 29.8 Å². The minimum atomic E-state index is -0.655. The van der Waals surface area contributed by atoms with Gasteiger partial charge in [-0.2, -0.15) is 0 Å². The molecule has 0 radical (unpaired) electrons. The Labute approximate surface area is 127 Å². The lowest BCUT2D eigenvalue weighted by Crippen LogP contribution is -2.33. The Kier molecular flexibility index (Phi) is 3.78. The molecular weight excluding hydrogens is 283 g/mol. The molecule has 0 saturated carbocycles. The molecule has 112 valence electrons. The Bertz CT molecular complexity index is 729. The molecule has 0 amide bonds. The lowest BCUT2D eigenvalue weighted by Gasteiger charge is -2.27. The number of para-hydroxylation sites is 1. The van der Waals surface area contributed by atoms with Crippen LogP contribution in [0.1, 0.15) is 5.56 Å². The molecule has 0 aliphatic carbocycles. The lowest BCUT2D eigenvalue weighted by molar-refractivity contribution is 0.0876. The Balaban J connectivity index is 1.77. The van der Waals surface area contributed by atoms with Gasteiger partial charge in [-0.15, -0.1) is 0 Å². The predicted molar refractivity (Wildman–Crippen MR) is 83.2 cm³/mol. The van der Waals surface area contributed by atoms with E-state index in [0.29, 0.717) is 5.56 Å². The number of ether oxygens (including phenoxy) is 1. The molecule has 0 bridgehead atoms. The molecule has 4 nitrogen and oxygen atoms in total. The van der Waals surface area contributed by atoms with E-state index in [0.717, 1.165) is 11.3 Å². The van der Waals surface area contributed by atoms with Gasteiger partial charge in [0.25, 0.3) is 6.35 Å². The maximum absolute atomic E-state index is 13.4. The second-order valence-electron chi connectivity index (χ2n) is 4.95. The summed E-state index contributed by atoms with van der Waals surface area (Å²) >= 11 is 0. The summed E-state index contributed by atoms with van der Waals surface area (Å²) in [4.78, 5) is 6.14. The van der Waals surface area contributed by atoms with Crippen molar-refractivity contribution in [3.05, 3.63) is 66.1 Å². The summed E-state index contributed by atoms with van der Waals surface area (Å²) in [6.45, 7) is 0. The predicted octanol–water partition coefficient (Wildman–Crippen LogP) is 3.25. The molecule has 1 aliphatic heterocycles. The number of nitrogens with zero attached hydrogens (tertiary/aromatic N) is 2. The van der Waals surface area contributed by atoms with Crippen molar-refractivity contribution in [3.8, 4) is 11.5 Å². The summed E-state index contributed by atoms with van der Waals surface area (Å²) < 4.78 is 19.2. The van der Waals surface area contributed by atoms with Crippen LogP contribution in [0, 0.1) is 5.82 Å². The molecular formula is C17H15FN2O2. The molecule has 1 aliphatic rings. The zero-order valence-corrected chi connectivity index (χ0v) is 12.0. The van der Waals surface area contributed by atoms with E-state index in [2.05, 4.69) is 4.99 Å². The van der Waals surface area contributed by atoms with E-state index in [9.17, 15) is 9.50 Å². The van der Waals surface area contributed by atoms with Crippen LogP contribution in [0.4, 0.5) is 4.39 Å². The van der Waals surface area contributed by atoms with E-state index in [-0.39, 0.29) is 5.75 Å². The third-order valence-corrected chi connectivity index (χ3v) is 3.30. The SMILES string of the molecule is CN1C=C(c2ccc(O)c(F)c2)C=NC1Oc1ccccc1. The highest BCUT2D eigenvalue weighted by Crippen LogP contribution is 2.24. The van der Waals surface area contributed by atoms with E-state index in [1.54, 1.807) is 17.2 Å². The van der Waals surface area contributed by atoms with E-state index in [1.807, 2.05) is 43.6 Å². The zero-order valence-electron chi connectivity index (χ0n) is 12.0. The fraction of sp³-hybridized carbons (Fsp3) is 0.118. The average Bonchev–Trinajstić information content (AvgIpc) is 2.53. The molecule has 1 atom stereocenters. The molecule has 0 spiro atoms. The van der Waals surface area contributed by atoms with Crippen LogP contribution in [0.25, 0.3) is 5.57 Å². The number of hydrogen-bond acceptors (Lipinski definition) is 4. The van der Waals surface area contributed by atoms with E-state index >= 15 is 0 Å². The minimum absolute atomic E-state index is 0.365. The van der Waals surface area contributed by atoms with Gasteiger partial charge in [0, 0.05) is 25.0 Å². The quantitative estimate of drug-likeness (QED) is 0.946. The van der Waals surface area contributed by atoms with E-state index in [4.69, 9.17) is 4.74 Å². The number of halogens is 1.